The van der Waals surface area contributed by atoms with E-state index in [1.807, 2.05) is 48.5 Å². The molecule has 0 radical (unpaired) electrons. The summed E-state index contributed by atoms with van der Waals surface area (Å²) in [4.78, 5) is 25.5. The van der Waals surface area contributed by atoms with Gasteiger partial charge in [0.1, 0.15) is 17.8 Å². The van der Waals surface area contributed by atoms with Gasteiger partial charge < -0.3 is 14.4 Å². The molecule has 0 fully saturated rings. The van der Waals surface area contributed by atoms with Crippen LogP contribution in [0.4, 0.5) is 0 Å². The molecule has 6 rings (SSSR count). The van der Waals surface area contributed by atoms with Gasteiger partial charge >= 0.3 is 0 Å². The number of para-hydroxylation sites is 2. The van der Waals surface area contributed by atoms with Gasteiger partial charge in [-0.25, -0.2) is 0 Å². The van der Waals surface area contributed by atoms with Crippen molar-refractivity contribution in [2.45, 2.75) is 6.42 Å². The van der Waals surface area contributed by atoms with Crippen molar-refractivity contribution < 1.29 is 27.8 Å². The zero-order valence-electron chi connectivity index (χ0n) is 20.2. The zero-order chi connectivity index (χ0) is 26.3. The predicted molar refractivity (Wildman–Crippen MR) is 147 cm³/mol. The molecule has 1 N–H and O–H groups in total. The van der Waals surface area contributed by atoms with Crippen LogP contribution >= 0.6 is 14.7 Å². The van der Waals surface area contributed by atoms with Gasteiger partial charge in [-0.05, 0) is 35.4 Å². The van der Waals surface area contributed by atoms with Gasteiger partial charge in [0, 0.05) is 23.7 Å². The third-order valence-corrected chi connectivity index (χ3v) is 11.3. The third-order valence-electron chi connectivity index (χ3n) is 6.72. The Hall–Kier alpha value is -3.92. The molecule has 1 amide bonds. The molecule has 2 atom stereocenters. The van der Waals surface area contributed by atoms with E-state index in [-0.39, 0.29) is 18.9 Å². The minimum atomic E-state index is -3.53. The predicted octanol–water partition coefficient (Wildman–Crippen LogP) is 5.35. The number of hydrogen-bond donors (Lipinski definition) is 1. The molecule has 2 aliphatic rings. The first-order chi connectivity index (χ1) is 18.4. The van der Waals surface area contributed by atoms with Gasteiger partial charge in [-0.1, -0.05) is 72.8 Å². The maximum Gasteiger partial charge on any atom is 0.296 e. The summed E-state index contributed by atoms with van der Waals surface area (Å²) in [5.74, 6) is -0.727. The number of rotatable bonds is 6. The van der Waals surface area contributed by atoms with Gasteiger partial charge in [-0.3, -0.25) is 18.7 Å². The highest BCUT2D eigenvalue weighted by Gasteiger charge is 2.38. The van der Waals surface area contributed by atoms with Crippen molar-refractivity contribution in [1.29, 1.82) is 0 Å². The smallest absolute Gasteiger partial charge is 0.296 e. The Morgan fingerprint density at radius 1 is 0.605 bits per heavy atom. The lowest BCUT2D eigenvalue weighted by molar-refractivity contribution is -0.137. The fraction of sp³-hybridized carbons (Fsp3) is 0.103. The Bertz CT molecular complexity index is 1570. The Labute approximate surface area is 219 Å². The molecule has 0 aliphatic carbocycles. The third kappa shape index (κ3) is 4.18. The van der Waals surface area contributed by atoms with Crippen LogP contribution in [-0.4, -0.2) is 24.1 Å². The van der Waals surface area contributed by atoms with Crippen LogP contribution in [0.25, 0.3) is 22.3 Å². The molecule has 2 unspecified atom stereocenters. The van der Waals surface area contributed by atoms with E-state index < -0.39 is 26.4 Å². The molecule has 0 aromatic heterocycles. The van der Waals surface area contributed by atoms with Crippen molar-refractivity contribution in [3.63, 3.8) is 0 Å². The van der Waals surface area contributed by atoms with Crippen molar-refractivity contribution in [1.82, 2.24) is 5.32 Å². The molecular weight excluding hydrogens is 520 g/mol. The van der Waals surface area contributed by atoms with Crippen molar-refractivity contribution in [2.75, 3.05) is 12.4 Å². The lowest BCUT2D eigenvalue weighted by atomic mass is 10.0. The maximum atomic E-state index is 13.9. The topological polar surface area (TPSA) is 98.8 Å². The first kappa shape index (κ1) is 24.4. The summed E-state index contributed by atoms with van der Waals surface area (Å²) in [6.07, 6.45) is -0.757. The highest BCUT2D eigenvalue weighted by atomic mass is 31.2. The van der Waals surface area contributed by atoms with Gasteiger partial charge in [0.15, 0.2) is 0 Å². The lowest BCUT2D eigenvalue weighted by Gasteiger charge is -2.29. The van der Waals surface area contributed by atoms with E-state index in [2.05, 4.69) is 5.32 Å². The fourth-order valence-electron chi connectivity index (χ4n) is 4.87. The standard InChI is InChI=1S/C29H23NO6P2/c31-24(17-18-37(33)27-15-7-3-11-22(27)20-9-1-5-13-25(20)35-37)29(32)30-19-38(34)28-16-8-4-12-23(28)21-10-2-6-14-26(21)36-38/h1-16H,17-19H2,(H,30,32). The van der Waals surface area contributed by atoms with Crippen LogP contribution in [0.15, 0.2) is 97.1 Å². The van der Waals surface area contributed by atoms with Gasteiger partial charge in [0.2, 0.25) is 5.78 Å². The van der Waals surface area contributed by atoms with E-state index in [1.165, 1.54) is 0 Å². The second kappa shape index (κ2) is 9.43. The van der Waals surface area contributed by atoms with E-state index in [0.29, 0.717) is 22.1 Å². The molecule has 0 spiro atoms. The largest absolute Gasteiger partial charge is 0.439 e. The van der Waals surface area contributed by atoms with Gasteiger partial charge in [-0.2, -0.15) is 0 Å². The monoisotopic (exact) mass is 543 g/mol. The molecule has 0 bridgehead atoms. The minimum Gasteiger partial charge on any atom is -0.439 e. The highest BCUT2D eigenvalue weighted by Crippen LogP contribution is 2.55. The van der Waals surface area contributed by atoms with Crippen LogP contribution in [0.5, 0.6) is 11.5 Å². The molecule has 4 aromatic rings. The zero-order valence-corrected chi connectivity index (χ0v) is 22.0. The summed E-state index contributed by atoms with van der Waals surface area (Å²) < 4.78 is 39.5. The van der Waals surface area contributed by atoms with Gasteiger partial charge in [0.05, 0.1) is 10.6 Å². The number of fused-ring (bicyclic) bond motifs is 6. The summed E-state index contributed by atoms with van der Waals surface area (Å²) in [5.41, 5.74) is 3.21. The molecule has 190 valence electrons. The normalized spacial score (nSPS) is 20.4. The number of carbonyl (C=O) groups excluding carboxylic acids is 2. The van der Waals surface area contributed by atoms with E-state index >= 15 is 0 Å². The van der Waals surface area contributed by atoms with E-state index in [1.54, 1.807) is 48.5 Å². The fourth-order valence-corrected chi connectivity index (χ4v) is 9.19. The molecule has 9 heteroatoms. The Morgan fingerprint density at radius 3 is 1.63 bits per heavy atom. The van der Waals surface area contributed by atoms with E-state index in [9.17, 15) is 18.7 Å². The van der Waals surface area contributed by atoms with Crippen LogP contribution in [-0.2, 0) is 18.7 Å². The van der Waals surface area contributed by atoms with Crippen LogP contribution in [0.2, 0.25) is 0 Å². The first-order valence-electron chi connectivity index (χ1n) is 12.1. The van der Waals surface area contributed by atoms with Crippen molar-refractivity contribution in [2.24, 2.45) is 0 Å². The molecule has 7 nitrogen and oxygen atoms in total. The van der Waals surface area contributed by atoms with Crippen molar-refractivity contribution in [3.05, 3.63) is 97.1 Å². The highest BCUT2D eigenvalue weighted by molar-refractivity contribution is 7.68. The van der Waals surface area contributed by atoms with Gasteiger partial charge in [0.25, 0.3) is 20.6 Å². The molecule has 2 aliphatic heterocycles. The number of amides is 1. The Kier molecular flexibility index (Phi) is 6.06. The van der Waals surface area contributed by atoms with E-state index in [4.69, 9.17) is 9.05 Å². The molecular formula is C29H23NO6P2. The number of Topliss-reactive ketones (excluding diaryl/α,β-unsaturated/α-hetero) is 1. The maximum absolute atomic E-state index is 13.9. The van der Waals surface area contributed by atoms with Crippen molar-refractivity contribution in [3.8, 4) is 33.8 Å². The molecule has 38 heavy (non-hydrogen) atoms. The first-order valence-corrected chi connectivity index (χ1v) is 15.8. The lowest BCUT2D eigenvalue weighted by Crippen LogP contribution is -2.35. The van der Waals surface area contributed by atoms with Gasteiger partial charge in [-0.15, -0.1) is 0 Å². The van der Waals surface area contributed by atoms with Crippen LogP contribution in [0.1, 0.15) is 6.42 Å². The average molecular weight is 543 g/mol. The summed E-state index contributed by atoms with van der Waals surface area (Å²) in [5, 5.41) is 3.51. The molecule has 4 aromatic carbocycles. The van der Waals surface area contributed by atoms with Crippen molar-refractivity contribution >= 4 is 37.0 Å². The second-order valence-corrected chi connectivity index (χ2v) is 13.9. The summed E-state index contributed by atoms with van der Waals surface area (Å²) in [6.45, 7) is 0. The summed E-state index contributed by atoms with van der Waals surface area (Å²) >= 11 is 0. The number of benzene rings is 4. The SMILES string of the molecule is O=C(CCP1(=O)Oc2ccccc2-c2ccccc21)C(=O)NCP1(=O)Oc2ccccc2-c2ccccc21. The quantitative estimate of drug-likeness (QED) is 0.260. The average Bonchev–Trinajstić information content (AvgIpc) is 2.95. The summed E-state index contributed by atoms with van der Waals surface area (Å²) in [6, 6.07) is 29.0. The number of nitrogens with one attached hydrogen (secondary N) is 1. The van der Waals surface area contributed by atoms with Crippen LogP contribution < -0.4 is 25.0 Å². The van der Waals surface area contributed by atoms with E-state index in [0.717, 1.165) is 22.3 Å². The Morgan fingerprint density at radius 2 is 1.05 bits per heavy atom. The minimum absolute atomic E-state index is 0.130. The Balaban J connectivity index is 1.16. The molecule has 2 heterocycles. The summed E-state index contributed by atoms with van der Waals surface area (Å²) in [7, 11) is -6.98. The number of carbonyl (C=O) groups is 2. The number of hydrogen-bond acceptors (Lipinski definition) is 6. The molecule has 0 saturated carbocycles. The number of ketones is 1. The second-order valence-electron chi connectivity index (χ2n) is 9.12. The van der Waals surface area contributed by atoms with Crippen LogP contribution in [0.3, 0.4) is 0 Å². The molecule has 0 saturated heterocycles. The van der Waals surface area contributed by atoms with Crippen LogP contribution in [0, 0.1) is 0 Å².